The van der Waals surface area contributed by atoms with E-state index in [0.29, 0.717) is 6.54 Å². The molecule has 6 heteroatoms. The molecule has 1 aliphatic heterocycles. The Balaban J connectivity index is 2.55. The molecule has 0 aromatic carbocycles. The lowest BCUT2D eigenvalue weighted by Gasteiger charge is -2.26. The fraction of sp³-hybridized carbons (Fsp3) is 0.857. The van der Waals surface area contributed by atoms with Crippen molar-refractivity contribution < 1.29 is 14.7 Å². The molecule has 1 saturated heterocycles. The summed E-state index contributed by atoms with van der Waals surface area (Å²) >= 11 is 0. The van der Waals surface area contributed by atoms with Crippen LogP contribution in [0, 0.1) is 0 Å². The summed E-state index contributed by atoms with van der Waals surface area (Å²) in [5.41, 5.74) is -0.872. The minimum absolute atomic E-state index is 0.0536. The molecule has 1 atom stereocenters. The van der Waals surface area contributed by atoms with Crippen molar-refractivity contribution in [3.05, 3.63) is 0 Å². The van der Waals surface area contributed by atoms with Gasteiger partial charge in [-0.3, -0.25) is 9.69 Å². The van der Waals surface area contributed by atoms with E-state index >= 15 is 0 Å². The van der Waals surface area contributed by atoms with Gasteiger partial charge in [0, 0.05) is 6.54 Å². The van der Waals surface area contributed by atoms with Crippen LogP contribution in [0.2, 0.25) is 0 Å². The molecule has 0 saturated carbocycles. The molecule has 1 rings (SSSR count). The van der Waals surface area contributed by atoms with Gasteiger partial charge in [0.15, 0.2) is 0 Å². The maximum atomic E-state index is 12.0. The van der Waals surface area contributed by atoms with E-state index in [1.807, 2.05) is 0 Å². The number of hydrogen-bond acceptors (Lipinski definition) is 4. The van der Waals surface area contributed by atoms with Crippen LogP contribution >= 0.6 is 0 Å². The number of urea groups is 1. The SMILES string of the molecule is CCCN(CCC)C[C@H](O)CN1C(=O)NC(C)(C)C1=O. The summed E-state index contributed by atoms with van der Waals surface area (Å²) in [5, 5.41) is 12.7. The normalized spacial score (nSPS) is 19.6. The summed E-state index contributed by atoms with van der Waals surface area (Å²) < 4.78 is 0. The predicted octanol–water partition coefficient (Wildman–Crippen LogP) is 0.800. The molecule has 3 amide bonds. The third-order valence-electron chi connectivity index (χ3n) is 3.39. The Labute approximate surface area is 121 Å². The number of amides is 3. The Morgan fingerprint density at radius 1 is 1.25 bits per heavy atom. The topological polar surface area (TPSA) is 72.9 Å². The third-order valence-corrected chi connectivity index (χ3v) is 3.39. The molecule has 116 valence electrons. The van der Waals surface area contributed by atoms with Crippen LogP contribution in [0.25, 0.3) is 0 Å². The molecule has 0 unspecified atom stereocenters. The van der Waals surface area contributed by atoms with Crippen molar-refractivity contribution >= 4 is 11.9 Å². The Morgan fingerprint density at radius 2 is 1.80 bits per heavy atom. The average molecular weight is 285 g/mol. The minimum atomic E-state index is -0.872. The molecule has 0 bridgehead atoms. The summed E-state index contributed by atoms with van der Waals surface area (Å²) in [5.74, 6) is -0.279. The van der Waals surface area contributed by atoms with E-state index < -0.39 is 17.7 Å². The molecule has 1 aliphatic rings. The number of carbonyl (C=O) groups is 2. The third kappa shape index (κ3) is 4.18. The Hall–Kier alpha value is -1.14. The molecule has 20 heavy (non-hydrogen) atoms. The molecule has 1 fully saturated rings. The number of imide groups is 1. The van der Waals surface area contributed by atoms with Crippen LogP contribution in [0.5, 0.6) is 0 Å². The molecular formula is C14H27N3O3. The van der Waals surface area contributed by atoms with Crippen LogP contribution in [0.3, 0.4) is 0 Å². The lowest BCUT2D eigenvalue weighted by molar-refractivity contribution is -0.131. The van der Waals surface area contributed by atoms with Crippen molar-refractivity contribution in [3.63, 3.8) is 0 Å². The second-order valence-corrected chi connectivity index (χ2v) is 5.93. The van der Waals surface area contributed by atoms with E-state index in [4.69, 9.17) is 0 Å². The van der Waals surface area contributed by atoms with Gasteiger partial charge in [-0.15, -0.1) is 0 Å². The molecule has 0 aromatic rings. The minimum Gasteiger partial charge on any atom is -0.390 e. The highest BCUT2D eigenvalue weighted by Gasteiger charge is 2.44. The Morgan fingerprint density at radius 3 is 2.20 bits per heavy atom. The predicted molar refractivity (Wildman–Crippen MR) is 77.4 cm³/mol. The van der Waals surface area contributed by atoms with E-state index in [-0.39, 0.29) is 12.5 Å². The molecular weight excluding hydrogens is 258 g/mol. The van der Waals surface area contributed by atoms with Gasteiger partial charge in [-0.1, -0.05) is 13.8 Å². The molecule has 0 aliphatic carbocycles. The zero-order chi connectivity index (χ0) is 15.3. The number of nitrogens with zero attached hydrogens (tertiary/aromatic N) is 2. The number of carbonyl (C=O) groups excluding carboxylic acids is 2. The van der Waals surface area contributed by atoms with Crippen LogP contribution in [0.1, 0.15) is 40.5 Å². The maximum absolute atomic E-state index is 12.0. The van der Waals surface area contributed by atoms with Gasteiger partial charge in [0.25, 0.3) is 5.91 Å². The highest BCUT2D eigenvalue weighted by Crippen LogP contribution is 2.16. The fourth-order valence-corrected chi connectivity index (χ4v) is 2.48. The van der Waals surface area contributed by atoms with E-state index in [2.05, 4.69) is 24.1 Å². The van der Waals surface area contributed by atoms with E-state index in [9.17, 15) is 14.7 Å². The van der Waals surface area contributed by atoms with E-state index in [1.165, 1.54) is 0 Å². The zero-order valence-corrected chi connectivity index (χ0v) is 13.0. The maximum Gasteiger partial charge on any atom is 0.325 e. The molecule has 6 nitrogen and oxygen atoms in total. The first kappa shape index (κ1) is 16.9. The first-order valence-electron chi connectivity index (χ1n) is 7.36. The summed E-state index contributed by atoms with van der Waals surface area (Å²) in [6.07, 6.45) is 1.32. The standard InChI is InChI=1S/C14H27N3O3/c1-5-7-16(8-6-2)9-11(18)10-17-12(19)14(3,4)15-13(17)20/h11,18H,5-10H2,1-4H3,(H,15,20)/t11-/m0/s1. The highest BCUT2D eigenvalue weighted by atomic mass is 16.3. The number of rotatable bonds is 8. The highest BCUT2D eigenvalue weighted by molar-refractivity contribution is 6.06. The number of nitrogens with one attached hydrogen (secondary N) is 1. The Kier molecular flexibility index (Phi) is 5.95. The van der Waals surface area contributed by atoms with Crippen LogP contribution in [0.15, 0.2) is 0 Å². The smallest absolute Gasteiger partial charge is 0.325 e. The summed E-state index contributed by atoms with van der Waals surface area (Å²) in [7, 11) is 0. The first-order valence-corrected chi connectivity index (χ1v) is 7.36. The molecule has 0 spiro atoms. The van der Waals surface area contributed by atoms with Crippen LogP contribution in [-0.2, 0) is 4.79 Å². The van der Waals surface area contributed by atoms with Gasteiger partial charge in [-0.25, -0.2) is 4.79 Å². The van der Waals surface area contributed by atoms with E-state index in [1.54, 1.807) is 13.8 Å². The number of β-amino-alcohol motifs (C(OH)–C–C–N with tert-alkyl or cyclic N) is 1. The zero-order valence-electron chi connectivity index (χ0n) is 13.0. The molecule has 1 heterocycles. The summed E-state index contributed by atoms with van der Waals surface area (Å²) in [6.45, 7) is 9.88. The second kappa shape index (κ2) is 7.04. The van der Waals surface area contributed by atoms with E-state index in [0.717, 1.165) is 30.8 Å². The van der Waals surface area contributed by atoms with Gasteiger partial charge in [0.1, 0.15) is 5.54 Å². The van der Waals surface area contributed by atoms with Gasteiger partial charge in [-0.2, -0.15) is 0 Å². The van der Waals surface area contributed by atoms with Crippen molar-refractivity contribution in [1.29, 1.82) is 0 Å². The van der Waals surface area contributed by atoms with Crippen LogP contribution in [-0.4, -0.2) is 64.7 Å². The fourth-order valence-electron chi connectivity index (χ4n) is 2.48. The number of hydrogen-bond donors (Lipinski definition) is 2. The van der Waals surface area contributed by atoms with Crippen LogP contribution in [0.4, 0.5) is 4.79 Å². The summed E-state index contributed by atoms with van der Waals surface area (Å²) in [4.78, 5) is 27.0. The molecule has 0 aromatic heterocycles. The van der Waals surface area contributed by atoms with Crippen LogP contribution < -0.4 is 5.32 Å². The van der Waals surface area contributed by atoms with Crippen molar-refractivity contribution in [3.8, 4) is 0 Å². The lowest BCUT2D eigenvalue weighted by atomic mass is 10.1. The quantitative estimate of drug-likeness (QED) is 0.647. The Bertz CT molecular complexity index is 352. The number of aliphatic hydroxyl groups is 1. The molecule has 0 radical (unpaired) electrons. The number of aliphatic hydroxyl groups excluding tert-OH is 1. The van der Waals surface area contributed by atoms with Gasteiger partial charge >= 0.3 is 6.03 Å². The molecule has 2 N–H and O–H groups in total. The lowest BCUT2D eigenvalue weighted by Crippen LogP contribution is -2.44. The van der Waals surface area contributed by atoms with Crippen molar-refractivity contribution in [2.75, 3.05) is 26.2 Å². The van der Waals surface area contributed by atoms with Gasteiger partial charge in [-0.05, 0) is 39.8 Å². The first-order chi connectivity index (χ1) is 9.31. The largest absolute Gasteiger partial charge is 0.390 e. The van der Waals surface area contributed by atoms with Crippen molar-refractivity contribution in [2.24, 2.45) is 0 Å². The van der Waals surface area contributed by atoms with Crippen molar-refractivity contribution in [1.82, 2.24) is 15.1 Å². The van der Waals surface area contributed by atoms with Gasteiger partial charge in [0.05, 0.1) is 12.6 Å². The van der Waals surface area contributed by atoms with Gasteiger partial charge < -0.3 is 15.3 Å². The monoisotopic (exact) mass is 285 g/mol. The average Bonchev–Trinajstić information content (AvgIpc) is 2.52. The second-order valence-electron chi connectivity index (χ2n) is 5.93. The van der Waals surface area contributed by atoms with Crippen molar-refractivity contribution in [2.45, 2.75) is 52.2 Å². The summed E-state index contributed by atoms with van der Waals surface area (Å²) in [6, 6.07) is -0.420. The van der Waals surface area contributed by atoms with Gasteiger partial charge in [0.2, 0.25) is 0 Å².